The van der Waals surface area contributed by atoms with E-state index in [1.807, 2.05) is 18.8 Å². The molecule has 0 radical (unpaired) electrons. The van der Waals surface area contributed by atoms with E-state index in [9.17, 15) is 0 Å². The number of aromatic nitrogens is 2. The Morgan fingerprint density at radius 3 is 2.50 bits per heavy atom. The van der Waals surface area contributed by atoms with E-state index in [2.05, 4.69) is 34.4 Å². The first-order chi connectivity index (χ1) is 8.72. The van der Waals surface area contributed by atoms with Gasteiger partial charge in [0.2, 0.25) is 0 Å². The highest BCUT2D eigenvalue weighted by atomic mass is 32.2. The number of hydrogen-bond acceptors (Lipinski definition) is 5. The first kappa shape index (κ1) is 13.5. The summed E-state index contributed by atoms with van der Waals surface area (Å²) in [4.78, 5) is 8.74. The van der Waals surface area contributed by atoms with Crippen LogP contribution in [0, 0.1) is 0 Å². The minimum Gasteiger partial charge on any atom is -0.373 e. The van der Waals surface area contributed by atoms with Crippen molar-refractivity contribution in [3.05, 3.63) is 11.9 Å². The quantitative estimate of drug-likeness (QED) is 0.877. The van der Waals surface area contributed by atoms with Crippen molar-refractivity contribution in [2.24, 2.45) is 0 Å². The summed E-state index contributed by atoms with van der Waals surface area (Å²) >= 11 is 2.04. The Labute approximate surface area is 113 Å². The van der Waals surface area contributed by atoms with Crippen molar-refractivity contribution >= 4 is 23.4 Å². The third-order valence-corrected chi connectivity index (χ3v) is 4.31. The van der Waals surface area contributed by atoms with E-state index in [-0.39, 0.29) is 0 Å². The predicted molar refractivity (Wildman–Crippen MR) is 79.6 cm³/mol. The molecule has 1 aromatic rings. The molecule has 4 nitrogen and oxygen atoms in total. The third-order valence-electron chi connectivity index (χ3n) is 3.26. The summed E-state index contributed by atoms with van der Waals surface area (Å²) in [6.07, 6.45) is 4.08. The van der Waals surface area contributed by atoms with E-state index in [0.29, 0.717) is 12.0 Å². The van der Waals surface area contributed by atoms with Crippen LogP contribution < -0.4 is 10.6 Å². The lowest BCUT2D eigenvalue weighted by Crippen LogP contribution is -2.26. The Bertz CT molecular complexity index is 389. The van der Waals surface area contributed by atoms with Crippen molar-refractivity contribution in [1.29, 1.82) is 0 Å². The molecule has 0 spiro atoms. The van der Waals surface area contributed by atoms with Crippen LogP contribution in [0.25, 0.3) is 0 Å². The van der Waals surface area contributed by atoms with E-state index in [1.165, 1.54) is 29.9 Å². The number of nitrogens with one attached hydrogen (secondary N) is 2. The molecule has 1 saturated heterocycles. The fourth-order valence-electron chi connectivity index (χ4n) is 2.29. The highest BCUT2D eigenvalue weighted by molar-refractivity contribution is 7.99. The van der Waals surface area contributed by atoms with Gasteiger partial charge >= 0.3 is 0 Å². The van der Waals surface area contributed by atoms with Crippen LogP contribution in [-0.4, -0.2) is 34.6 Å². The van der Waals surface area contributed by atoms with Gasteiger partial charge in [-0.15, -0.1) is 0 Å². The predicted octanol–water partition coefficient (Wildman–Crippen LogP) is 2.95. The van der Waals surface area contributed by atoms with Gasteiger partial charge in [-0.1, -0.05) is 13.8 Å². The van der Waals surface area contributed by atoms with Crippen LogP contribution in [0.2, 0.25) is 0 Å². The smallest absolute Gasteiger partial charge is 0.135 e. The third kappa shape index (κ3) is 3.07. The molecule has 100 valence electrons. The van der Waals surface area contributed by atoms with Gasteiger partial charge in [0, 0.05) is 18.7 Å². The van der Waals surface area contributed by atoms with Gasteiger partial charge in [-0.3, -0.25) is 0 Å². The van der Waals surface area contributed by atoms with Crippen molar-refractivity contribution in [2.45, 2.75) is 38.6 Å². The normalized spacial score (nSPS) is 16.9. The largest absolute Gasteiger partial charge is 0.373 e. The first-order valence-electron chi connectivity index (χ1n) is 6.59. The monoisotopic (exact) mass is 266 g/mol. The topological polar surface area (TPSA) is 49.8 Å². The van der Waals surface area contributed by atoms with Crippen LogP contribution in [0.15, 0.2) is 6.33 Å². The van der Waals surface area contributed by atoms with Crippen molar-refractivity contribution < 1.29 is 0 Å². The summed E-state index contributed by atoms with van der Waals surface area (Å²) in [6.45, 7) is 4.36. The zero-order valence-corrected chi connectivity index (χ0v) is 12.2. The number of rotatable bonds is 4. The van der Waals surface area contributed by atoms with Gasteiger partial charge in [0.15, 0.2) is 0 Å². The molecule has 0 atom stereocenters. The van der Waals surface area contributed by atoms with Gasteiger partial charge in [0.05, 0.1) is 0 Å². The second-order valence-electron chi connectivity index (χ2n) is 4.92. The standard InChI is InChI=1S/C13H22N4S/c1-9(2)11-12(14-3)15-8-16-13(11)17-10-4-6-18-7-5-10/h8-10H,4-7H2,1-3H3,(H2,14,15,16,17). The van der Waals surface area contributed by atoms with Gasteiger partial charge in [-0.25, -0.2) is 9.97 Å². The molecule has 0 unspecified atom stereocenters. The number of thioether (sulfide) groups is 1. The number of anilines is 2. The maximum Gasteiger partial charge on any atom is 0.135 e. The molecule has 1 aromatic heterocycles. The minimum absolute atomic E-state index is 0.411. The van der Waals surface area contributed by atoms with Gasteiger partial charge < -0.3 is 10.6 Å². The molecule has 0 aliphatic carbocycles. The maximum atomic E-state index is 4.43. The summed E-state index contributed by atoms with van der Waals surface area (Å²) in [5, 5.41) is 6.76. The molecule has 0 bridgehead atoms. The molecule has 5 heteroatoms. The molecule has 18 heavy (non-hydrogen) atoms. The summed E-state index contributed by atoms with van der Waals surface area (Å²) in [7, 11) is 1.91. The van der Waals surface area contributed by atoms with Crippen molar-refractivity contribution in [2.75, 3.05) is 29.2 Å². The summed E-state index contributed by atoms with van der Waals surface area (Å²) in [6, 6.07) is 0.559. The lowest BCUT2D eigenvalue weighted by Gasteiger charge is -2.25. The molecule has 0 saturated carbocycles. The minimum atomic E-state index is 0.411. The lowest BCUT2D eigenvalue weighted by atomic mass is 10.0. The van der Waals surface area contributed by atoms with Crippen LogP contribution in [0.3, 0.4) is 0 Å². The zero-order chi connectivity index (χ0) is 13.0. The highest BCUT2D eigenvalue weighted by Gasteiger charge is 2.19. The fourth-order valence-corrected chi connectivity index (χ4v) is 3.40. The fraction of sp³-hybridized carbons (Fsp3) is 0.692. The second kappa shape index (κ2) is 6.27. The molecule has 2 rings (SSSR count). The van der Waals surface area contributed by atoms with E-state index in [0.717, 1.165) is 11.6 Å². The molecule has 1 aliphatic rings. The average Bonchev–Trinajstić information content (AvgIpc) is 2.39. The Morgan fingerprint density at radius 2 is 1.89 bits per heavy atom. The van der Waals surface area contributed by atoms with Gasteiger partial charge in [-0.05, 0) is 30.3 Å². The second-order valence-corrected chi connectivity index (χ2v) is 6.14. The molecule has 0 amide bonds. The highest BCUT2D eigenvalue weighted by Crippen LogP contribution is 2.30. The molecular formula is C13H22N4S. The lowest BCUT2D eigenvalue weighted by molar-refractivity contribution is 0.660. The van der Waals surface area contributed by atoms with Crippen molar-refractivity contribution in [3.63, 3.8) is 0 Å². The van der Waals surface area contributed by atoms with Crippen LogP contribution in [0.4, 0.5) is 11.6 Å². The molecule has 2 heterocycles. The van der Waals surface area contributed by atoms with Crippen LogP contribution in [0.5, 0.6) is 0 Å². The van der Waals surface area contributed by atoms with Crippen LogP contribution in [0.1, 0.15) is 38.2 Å². The summed E-state index contributed by atoms with van der Waals surface area (Å²) < 4.78 is 0. The Hall–Kier alpha value is -0.970. The molecule has 1 aliphatic heterocycles. The van der Waals surface area contributed by atoms with Gasteiger partial charge in [0.1, 0.15) is 18.0 Å². The van der Waals surface area contributed by atoms with E-state index in [4.69, 9.17) is 0 Å². The van der Waals surface area contributed by atoms with E-state index >= 15 is 0 Å². The Balaban J connectivity index is 2.20. The summed E-state index contributed by atoms with van der Waals surface area (Å²) in [5.41, 5.74) is 1.19. The summed E-state index contributed by atoms with van der Waals surface area (Å²) in [5.74, 6) is 4.85. The molecule has 1 fully saturated rings. The molecule has 2 N–H and O–H groups in total. The zero-order valence-electron chi connectivity index (χ0n) is 11.4. The average molecular weight is 266 g/mol. The maximum absolute atomic E-state index is 4.43. The SMILES string of the molecule is CNc1ncnc(NC2CCSCC2)c1C(C)C. The molecular weight excluding hydrogens is 244 g/mol. The molecule has 0 aromatic carbocycles. The van der Waals surface area contributed by atoms with Gasteiger partial charge in [-0.2, -0.15) is 11.8 Å². The van der Waals surface area contributed by atoms with Gasteiger partial charge in [0.25, 0.3) is 0 Å². The first-order valence-corrected chi connectivity index (χ1v) is 7.74. The van der Waals surface area contributed by atoms with Crippen molar-refractivity contribution in [3.8, 4) is 0 Å². The van der Waals surface area contributed by atoms with E-state index < -0.39 is 0 Å². The van der Waals surface area contributed by atoms with Crippen LogP contribution in [-0.2, 0) is 0 Å². The van der Waals surface area contributed by atoms with E-state index in [1.54, 1.807) is 6.33 Å². The number of nitrogens with zero attached hydrogens (tertiary/aromatic N) is 2. The Morgan fingerprint density at radius 1 is 1.22 bits per heavy atom. The van der Waals surface area contributed by atoms with Crippen LogP contribution >= 0.6 is 11.8 Å². The van der Waals surface area contributed by atoms with Crippen molar-refractivity contribution in [1.82, 2.24) is 9.97 Å². The number of hydrogen-bond donors (Lipinski definition) is 2. The Kier molecular flexibility index (Phi) is 4.69.